The summed E-state index contributed by atoms with van der Waals surface area (Å²) in [6.07, 6.45) is 1.69. The fraction of sp³-hybridized carbons (Fsp3) is 0.375. The van der Waals surface area contributed by atoms with Crippen LogP contribution in [0, 0.1) is 6.92 Å². The molecule has 3 aromatic rings. The Kier molecular flexibility index (Phi) is 4.33. The second kappa shape index (κ2) is 6.77. The van der Waals surface area contributed by atoms with Gasteiger partial charge in [0.1, 0.15) is 4.88 Å². The molecule has 0 bridgehead atoms. The molecule has 0 spiro atoms. The van der Waals surface area contributed by atoms with Crippen molar-refractivity contribution in [3.05, 3.63) is 34.6 Å². The van der Waals surface area contributed by atoms with Crippen LogP contribution in [-0.2, 0) is 11.3 Å². The van der Waals surface area contributed by atoms with Crippen molar-refractivity contribution in [2.24, 2.45) is 0 Å². The summed E-state index contributed by atoms with van der Waals surface area (Å²) in [7, 11) is 0. The van der Waals surface area contributed by atoms with Gasteiger partial charge in [-0.3, -0.25) is 9.89 Å². The summed E-state index contributed by atoms with van der Waals surface area (Å²) in [6, 6.07) is 3.78. The van der Waals surface area contributed by atoms with E-state index in [1.54, 1.807) is 6.20 Å². The lowest BCUT2D eigenvalue weighted by atomic mass is 10.2. The van der Waals surface area contributed by atoms with E-state index in [0.29, 0.717) is 30.3 Å². The van der Waals surface area contributed by atoms with Crippen LogP contribution < -0.4 is 10.2 Å². The first-order valence-electron chi connectivity index (χ1n) is 8.08. The number of aryl methyl sites for hydroxylation is 1. The number of nitrogens with one attached hydrogen (secondary N) is 2. The number of hydrogen-bond acceptors (Lipinski definition) is 7. The number of hydrogen-bond donors (Lipinski definition) is 2. The molecule has 1 aliphatic heterocycles. The van der Waals surface area contributed by atoms with Gasteiger partial charge in [0.15, 0.2) is 10.8 Å². The average molecular weight is 358 g/mol. The second-order valence-electron chi connectivity index (χ2n) is 5.77. The Hall–Kier alpha value is -2.52. The molecule has 8 nitrogen and oxygen atoms in total. The molecule has 2 N–H and O–H groups in total. The highest BCUT2D eigenvalue weighted by molar-refractivity contribution is 7.17. The van der Waals surface area contributed by atoms with Crippen LogP contribution in [0.1, 0.15) is 21.1 Å². The molecule has 0 aliphatic carbocycles. The molecular weight excluding hydrogens is 340 g/mol. The Morgan fingerprint density at radius 1 is 1.44 bits per heavy atom. The summed E-state index contributed by atoms with van der Waals surface area (Å²) in [5.74, 6) is -0.124. The fourth-order valence-electron chi connectivity index (χ4n) is 2.77. The molecule has 1 fully saturated rings. The minimum atomic E-state index is -0.124. The number of rotatable bonds is 4. The van der Waals surface area contributed by atoms with Gasteiger partial charge >= 0.3 is 0 Å². The zero-order valence-electron chi connectivity index (χ0n) is 13.8. The quantitative estimate of drug-likeness (QED) is 0.734. The number of ether oxygens (including phenoxy) is 1. The highest BCUT2D eigenvalue weighted by Crippen LogP contribution is 2.26. The van der Waals surface area contributed by atoms with E-state index in [2.05, 4.69) is 30.4 Å². The van der Waals surface area contributed by atoms with Crippen LogP contribution >= 0.6 is 11.3 Å². The molecule has 1 amide bonds. The maximum atomic E-state index is 12.6. The normalized spacial score (nSPS) is 14.8. The number of nitrogens with zero attached hydrogens (tertiary/aromatic N) is 4. The van der Waals surface area contributed by atoms with Gasteiger partial charge in [-0.15, -0.1) is 0 Å². The average Bonchev–Trinajstić information content (AvgIpc) is 3.24. The summed E-state index contributed by atoms with van der Waals surface area (Å²) < 4.78 is 5.36. The number of morpholine rings is 1. The molecule has 0 unspecified atom stereocenters. The van der Waals surface area contributed by atoms with Crippen LogP contribution in [0.3, 0.4) is 0 Å². The fourth-order valence-corrected chi connectivity index (χ4v) is 3.80. The van der Waals surface area contributed by atoms with Gasteiger partial charge in [-0.1, -0.05) is 11.3 Å². The largest absolute Gasteiger partial charge is 0.378 e. The van der Waals surface area contributed by atoms with Crippen molar-refractivity contribution in [1.29, 1.82) is 0 Å². The van der Waals surface area contributed by atoms with E-state index in [4.69, 9.17) is 4.74 Å². The SMILES string of the molecule is Cc1nc(N2CCOCC2)sc1C(=O)NCc1[nH]nc2ncccc12. The zero-order valence-corrected chi connectivity index (χ0v) is 14.6. The number of carbonyl (C=O) groups excluding carboxylic acids is 1. The van der Waals surface area contributed by atoms with Crippen LogP contribution in [0.15, 0.2) is 18.3 Å². The molecule has 4 rings (SSSR count). The Morgan fingerprint density at radius 3 is 3.12 bits per heavy atom. The number of aromatic amines is 1. The van der Waals surface area contributed by atoms with Crippen LogP contribution in [0.25, 0.3) is 11.0 Å². The van der Waals surface area contributed by atoms with Crippen LogP contribution in [0.4, 0.5) is 5.13 Å². The standard InChI is InChI=1S/C16H18N6O2S/c1-10-13(25-16(19-10)22-5-7-24-8-6-22)15(23)18-9-12-11-3-2-4-17-14(11)21-20-12/h2-4H,5-9H2,1H3,(H,18,23)(H,17,20,21). The van der Waals surface area contributed by atoms with E-state index in [9.17, 15) is 4.79 Å². The molecule has 0 atom stereocenters. The zero-order chi connectivity index (χ0) is 17.2. The number of amides is 1. The van der Waals surface area contributed by atoms with Crippen molar-refractivity contribution in [2.75, 3.05) is 31.2 Å². The van der Waals surface area contributed by atoms with Crippen molar-refractivity contribution in [2.45, 2.75) is 13.5 Å². The smallest absolute Gasteiger partial charge is 0.263 e. The van der Waals surface area contributed by atoms with Gasteiger partial charge in [0.25, 0.3) is 5.91 Å². The number of aromatic nitrogens is 4. The predicted octanol–water partition coefficient (Wildman–Crippen LogP) is 1.49. The topological polar surface area (TPSA) is 96.0 Å². The highest BCUT2D eigenvalue weighted by atomic mass is 32.1. The second-order valence-corrected chi connectivity index (χ2v) is 6.75. The lowest BCUT2D eigenvalue weighted by molar-refractivity contribution is 0.0954. The first-order chi connectivity index (χ1) is 12.2. The molecule has 9 heteroatoms. The number of anilines is 1. The summed E-state index contributed by atoms with van der Waals surface area (Å²) in [5, 5.41) is 11.8. The molecule has 1 aliphatic rings. The molecular formula is C16H18N6O2S. The van der Waals surface area contributed by atoms with Gasteiger partial charge in [-0.2, -0.15) is 5.10 Å². The lowest BCUT2D eigenvalue weighted by Gasteiger charge is -2.25. The monoisotopic (exact) mass is 358 g/mol. The lowest BCUT2D eigenvalue weighted by Crippen LogP contribution is -2.36. The number of thiazole rings is 1. The maximum absolute atomic E-state index is 12.6. The van der Waals surface area contributed by atoms with E-state index in [-0.39, 0.29) is 5.91 Å². The van der Waals surface area contributed by atoms with Crippen LogP contribution in [0.2, 0.25) is 0 Å². The minimum Gasteiger partial charge on any atom is -0.378 e. The van der Waals surface area contributed by atoms with E-state index in [0.717, 1.165) is 35.0 Å². The number of pyridine rings is 1. The van der Waals surface area contributed by atoms with Gasteiger partial charge in [-0.25, -0.2) is 9.97 Å². The molecule has 0 saturated carbocycles. The third-order valence-electron chi connectivity index (χ3n) is 4.11. The van der Waals surface area contributed by atoms with Crippen LogP contribution in [0.5, 0.6) is 0 Å². The maximum Gasteiger partial charge on any atom is 0.263 e. The predicted molar refractivity (Wildman–Crippen MR) is 94.9 cm³/mol. The number of H-pyrrole nitrogens is 1. The third-order valence-corrected chi connectivity index (χ3v) is 5.32. The molecule has 25 heavy (non-hydrogen) atoms. The summed E-state index contributed by atoms with van der Waals surface area (Å²) in [6.45, 7) is 5.24. The summed E-state index contributed by atoms with van der Waals surface area (Å²) >= 11 is 1.42. The molecule has 0 radical (unpaired) electrons. The van der Waals surface area contributed by atoms with E-state index < -0.39 is 0 Å². The Balaban J connectivity index is 1.46. The Morgan fingerprint density at radius 2 is 2.28 bits per heavy atom. The third kappa shape index (κ3) is 3.20. The van der Waals surface area contributed by atoms with Crippen molar-refractivity contribution in [3.63, 3.8) is 0 Å². The van der Waals surface area contributed by atoms with E-state index in [1.165, 1.54) is 11.3 Å². The van der Waals surface area contributed by atoms with Gasteiger partial charge < -0.3 is 15.0 Å². The molecule has 3 aromatic heterocycles. The van der Waals surface area contributed by atoms with E-state index in [1.807, 2.05) is 19.1 Å². The molecule has 0 aromatic carbocycles. The van der Waals surface area contributed by atoms with Gasteiger partial charge in [0.05, 0.1) is 31.1 Å². The van der Waals surface area contributed by atoms with E-state index >= 15 is 0 Å². The van der Waals surface area contributed by atoms with Crippen molar-refractivity contribution in [3.8, 4) is 0 Å². The number of carbonyl (C=O) groups is 1. The molecule has 130 valence electrons. The summed E-state index contributed by atoms with van der Waals surface area (Å²) in [5.41, 5.74) is 2.24. The summed E-state index contributed by atoms with van der Waals surface area (Å²) in [4.78, 5) is 24.1. The first-order valence-corrected chi connectivity index (χ1v) is 8.90. The van der Waals surface area contributed by atoms with Gasteiger partial charge in [0.2, 0.25) is 0 Å². The first kappa shape index (κ1) is 16.0. The van der Waals surface area contributed by atoms with Gasteiger partial charge in [0, 0.05) is 24.7 Å². The molecule has 1 saturated heterocycles. The van der Waals surface area contributed by atoms with Crippen LogP contribution in [-0.4, -0.2) is 52.4 Å². The van der Waals surface area contributed by atoms with Crippen molar-refractivity contribution >= 4 is 33.4 Å². The minimum absolute atomic E-state index is 0.124. The number of fused-ring (bicyclic) bond motifs is 1. The Labute approximate surface area is 148 Å². The van der Waals surface area contributed by atoms with Gasteiger partial charge in [-0.05, 0) is 19.1 Å². The highest BCUT2D eigenvalue weighted by Gasteiger charge is 2.20. The van der Waals surface area contributed by atoms with Crippen molar-refractivity contribution < 1.29 is 9.53 Å². The molecule has 4 heterocycles. The Bertz CT molecular complexity index is 899. The van der Waals surface area contributed by atoms with Crippen molar-refractivity contribution in [1.82, 2.24) is 25.5 Å².